The lowest BCUT2D eigenvalue weighted by molar-refractivity contribution is -0.0413. The van der Waals surface area contributed by atoms with Gasteiger partial charge in [0.2, 0.25) is 0 Å². The van der Waals surface area contributed by atoms with Gasteiger partial charge in [-0.15, -0.1) is 0 Å². The third-order valence-electron chi connectivity index (χ3n) is 3.30. The van der Waals surface area contributed by atoms with Crippen molar-refractivity contribution in [3.63, 3.8) is 0 Å². The van der Waals surface area contributed by atoms with Crippen molar-refractivity contribution < 1.29 is 14.6 Å². The Morgan fingerprint density at radius 3 is 2.85 bits per heavy atom. The number of methoxy groups -OCH3 is 1. The van der Waals surface area contributed by atoms with Gasteiger partial charge in [-0.25, -0.2) is 0 Å². The van der Waals surface area contributed by atoms with Crippen LogP contribution >= 0.6 is 0 Å². The molecule has 1 N–H and O–H groups in total. The first kappa shape index (κ1) is 9.44. The van der Waals surface area contributed by atoms with Crippen LogP contribution in [-0.4, -0.2) is 38.1 Å². The number of hydrogen-bond donors (Lipinski definition) is 1. The predicted octanol–water partition coefficient (Wildman–Crippen LogP) is 0.810. The van der Waals surface area contributed by atoms with Crippen LogP contribution in [0.2, 0.25) is 0 Å². The summed E-state index contributed by atoms with van der Waals surface area (Å²) >= 11 is 0. The van der Waals surface area contributed by atoms with Crippen LogP contribution in [0.3, 0.4) is 0 Å². The minimum atomic E-state index is -0.101. The van der Waals surface area contributed by atoms with Crippen molar-refractivity contribution >= 4 is 0 Å². The fraction of sp³-hybridized carbons (Fsp3) is 1.00. The number of aliphatic hydroxyl groups excluding tert-OH is 1. The van der Waals surface area contributed by atoms with E-state index in [1.807, 2.05) is 0 Å². The summed E-state index contributed by atoms with van der Waals surface area (Å²) < 4.78 is 10.9. The first-order valence-electron chi connectivity index (χ1n) is 5.04. The Labute approximate surface area is 79.0 Å². The maximum Gasteiger partial charge on any atom is 0.0704 e. The monoisotopic (exact) mass is 186 g/mol. The fourth-order valence-corrected chi connectivity index (χ4v) is 2.40. The molecule has 2 aliphatic rings. The molecule has 1 aliphatic heterocycles. The van der Waals surface area contributed by atoms with Gasteiger partial charge in [0.25, 0.3) is 0 Å². The fourth-order valence-electron chi connectivity index (χ4n) is 2.40. The molecule has 0 amide bonds. The number of ether oxygens (including phenoxy) is 2. The molecule has 1 heterocycles. The topological polar surface area (TPSA) is 38.7 Å². The largest absolute Gasteiger partial charge is 0.396 e. The molecule has 0 radical (unpaired) electrons. The van der Waals surface area contributed by atoms with E-state index in [0.717, 1.165) is 13.0 Å². The maximum absolute atomic E-state index is 9.43. The van der Waals surface area contributed by atoms with E-state index in [-0.39, 0.29) is 18.1 Å². The SMILES string of the molecule is COCC1(CO)CCOC1C1CC1. The van der Waals surface area contributed by atoms with Gasteiger partial charge in [0.05, 0.1) is 19.3 Å². The van der Waals surface area contributed by atoms with E-state index in [4.69, 9.17) is 9.47 Å². The quantitative estimate of drug-likeness (QED) is 0.706. The lowest BCUT2D eigenvalue weighted by Gasteiger charge is -2.31. The van der Waals surface area contributed by atoms with Crippen molar-refractivity contribution in [2.75, 3.05) is 26.9 Å². The molecule has 0 aromatic heterocycles. The van der Waals surface area contributed by atoms with Crippen molar-refractivity contribution in [3.05, 3.63) is 0 Å². The Morgan fingerprint density at radius 1 is 1.54 bits per heavy atom. The molecular formula is C10H18O3. The highest BCUT2D eigenvalue weighted by molar-refractivity contribution is 4.99. The van der Waals surface area contributed by atoms with E-state index in [2.05, 4.69) is 0 Å². The van der Waals surface area contributed by atoms with Crippen LogP contribution in [0.15, 0.2) is 0 Å². The second kappa shape index (κ2) is 3.56. The third kappa shape index (κ3) is 1.60. The van der Waals surface area contributed by atoms with Gasteiger partial charge in [0.15, 0.2) is 0 Å². The van der Waals surface area contributed by atoms with E-state index in [0.29, 0.717) is 12.5 Å². The lowest BCUT2D eigenvalue weighted by atomic mass is 9.80. The van der Waals surface area contributed by atoms with Crippen LogP contribution in [0.1, 0.15) is 19.3 Å². The highest BCUT2D eigenvalue weighted by Crippen LogP contribution is 2.47. The molecule has 0 spiro atoms. The molecule has 0 bridgehead atoms. The first-order chi connectivity index (χ1) is 6.32. The molecule has 1 aliphatic carbocycles. The number of aliphatic hydroxyl groups is 1. The molecule has 0 aromatic carbocycles. The Kier molecular flexibility index (Phi) is 2.58. The second-order valence-corrected chi connectivity index (χ2v) is 4.33. The standard InChI is InChI=1S/C10H18O3/c1-12-7-10(6-11)4-5-13-9(10)8-2-3-8/h8-9,11H,2-7H2,1H3. The van der Waals surface area contributed by atoms with Gasteiger partial charge >= 0.3 is 0 Å². The summed E-state index contributed by atoms with van der Waals surface area (Å²) in [4.78, 5) is 0. The van der Waals surface area contributed by atoms with Gasteiger partial charge in [0.1, 0.15) is 0 Å². The summed E-state index contributed by atoms with van der Waals surface area (Å²) in [6.07, 6.45) is 3.71. The van der Waals surface area contributed by atoms with Crippen LogP contribution < -0.4 is 0 Å². The van der Waals surface area contributed by atoms with E-state index < -0.39 is 0 Å². The zero-order valence-corrected chi connectivity index (χ0v) is 8.16. The van der Waals surface area contributed by atoms with Crippen LogP contribution in [0.4, 0.5) is 0 Å². The molecule has 3 heteroatoms. The van der Waals surface area contributed by atoms with Gasteiger partial charge in [-0.3, -0.25) is 0 Å². The Hall–Kier alpha value is -0.120. The maximum atomic E-state index is 9.43. The summed E-state index contributed by atoms with van der Waals surface area (Å²) in [6.45, 7) is 1.61. The van der Waals surface area contributed by atoms with E-state index in [1.165, 1.54) is 12.8 Å². The molecule has 1 saturated heterocycles. The Bertz CT molecular complexity index is 179. The summed E-state index contributed by atoms with van der Waals surface area (Å²) in [5.74, 6) is 0.685. The van der Waals surface area contributed by atoms with E-state index in [9.17, 15) is 5.11 Å². The summed E-state index contributed by atoms with van der Waals surface area (Å²) in [7, 11) is 1.69. The van der Waals surface area contributed by atoms with E-state index >= 15 is 0 Å². The van der Waals surface area contributed by atoms with Gasteiger partial charge in [-0.2, -0.15) is 0 Å². The normalized spacial score (nSPS) is 39.7. The lowest BCUT2D eigenvalue weighted by Crippen LogP contribution is -2.40. The predicted molar refractivity (Wildman–Crippen MR) is 48.5 cm³/mol. The molecular weight excluding hydrogens is 168 g/mol. The van der Waals surface area contributed by atoms with Crippen molar-refractivity contribution in [3.8, 4) is 0 Å². The minimum Gasteiger partial charge on any atom is -0.396 e. The van der Waals surface area contributed by atoms with Gasteiger partial charge in [-0.1, -0.05) is 0 Å². The van der Waals surface area contributed by atoms with Crippen LogP contribution in [0.5, 0.6) is 0 Å². The van der Waals surface area contributed by atoms with Crippen molar-refractivity contribution in [2.24, 2.45) is 11.3 Å². The van der Waals surface area contributed by atoms with Crippen molar-refractivity contribution in [1.29, 1.82) is 0 Å². The van der Waals surface area contributed by atoms with Gasteiger partial charge < -0.3 is 14.6 Å². The molecule has 2 rings (SSSR count). The third-order valence-corrected chi connectivity index (χ3v) is 3.30. The molecule has 0 aromatic rings. The van der Waals surface area contributed by atoms with Crippen molar-refractivity contribution in [2.45, 2.75) is 25.4 Å². The van der Waals surface area contributed by atoms with Crippen LogP contribution in [-0.2, 0) is 9.47 Å². The molecule has 1 saturated carbocycles. The highest BCUT2D eigenvalue weighted by atomic mass is 16.5. The zero-order chi connectivity index (χ0) is 9.31. The molecule has 2 fully saturated rings. The zero-order valence-electron chi connectivity index (χ0n) is 8.16. The minimum absolute atomic E-state index is 0.101. The Balaban J connectivity index is 2.06. The summed E-state index contributed by atoms with van der Waals surface area (Å²) in [6, 6.07) is 0. The van der Waals surface area contributed by atoms with Gasteiger partial charge in [0, 0.05) is 19.1 Å². The first-order valence-corrected chi connectivity index (χ1v) is 5.04. The molecule has 13 heavy (non-hydrogen) atoms. The number of hydrogen-bond acceptors (Lipinski definition) is 3. The average molecular weight is 186 g/mol. The molecule has 2 unspecified atom stereocenters. The average Bonchev–Trinajstić information content (AvgIpc) is 2.90. The summed E-state index contributed by atoms with van der Waals surface area (Å²) in [5, 5.41) is 9.43. The Morgan fingerprint density at radius 2 is 2.31 bits per heavy atom. The van der Waals surface area contributed by atoms with Crippen LogP contribution in [0, 0.1) is 11.3 Å². The van der Waals surface area contributed by atoms with E-state index in [1.54, 1.807) is 7.11 Å². The smallest absolute Gasteiger partial charge is 0.0704 e. The van der Waals surface area contributed by atoms with Crippen molar-refractivity contribution in [1.82, 2.24) is 0 Å². The molecule has 76 valence electrons. The molecule has 2 atom stereocenters. The number of rotatable bonds is 4. The molecule has 3 nitrogen and oxygen atoms in total. The highest BCUT2D eigenvalue weighted by Gasteiger charge is 2.50. The van der Waals surface area contributed by atoms with Gasteiger partial charge in [-0.05, 0) is 25.2 Å². The van der Waals surface area contributed by atoms with Crippen LogP contribution in [0.25, 0.3) is 0 Å². The second-order valence-electron chi connectivity index (χ2n) is 4.33. The summed E-state index contributed by atoms with van der Waals surface area (Å²) in [5.41, 5.74) is -0.101.